The van der Waals surface area contributed by atoms with Gasteiger partial charge in [-0.1, -0.05) is 15.9 Å². The van der Waals surface area contributed by atoms with Crippen molar-refractivity contribution >= 4 is 21.8 Å². The SMILES string of the molecule is O=C(c1ccncc1O)N1CCC(OCCBr)CC1. The van der Waals surface area contributed by atoms with Gasteiger partial charge in [-0.3, -0.25) is 9.78 Å². The number of aromatic nitrogens is 1. The van der Waals surface area contributed by atoms with E-state index in [1.54, 1.807) is 11.0 Å². The van der Waals surface area contributed by atoms with E-state index in [2.05, 4.69) is 20.9 Å². The Labute approximate surface area is 120 Å². The van der Waals surface area contributed by atoms with Crippen LogP contribution in [0.3, 0.4) is 0 Å². The van der Waals surface area contributed by atoms with Gasteiger partial charge in [-0.05, 0) is 18.9 Å². The highest BCUT2D eigenvalue weighted by molar-refractivity contribution is 9.09. The van der Waals surface area contributed by atoms with Crippen molar-refractivity contribution in [1.29, 1.82) is 0 Å². The number of carbonyl (C=O) groups excluding carboxylic acids is 1. The molecule has 1 N–H and O–H groups in total. The molecule has 6 heteroatoms. The van der Waals surface area contributed by atoms with E-state index in [0.29, 0.717) is 25.3 Å². The molecule has 1 aliphatic rings. The Morgan fingerprint density at radius 1 is 1.53 bits per heavy atom. The number of rotatable bonds is 4. The summed E-state index contributed by atoms with van der Waals surface area (Å²) in [6, 6.07) is 1.55. The molecule has 1 amide bonds. The van der Waals surface area contributed by atoms with E-state index in [1.807, 2.05) is 0 Å². The number of carbonyl (C=O) groups is 1. The Morgan fingerprint density at radius 3 is 2.89 bits per heavy atom. The number of amides is 1. The smallest absolute Gasteiger partial charge is 0.257 e. The number of likely N-dealkylation sites (tertiary alicyclic amines) is 1. The maximum Gasteiger partial charge on any atom is 0.257 e. The van der Waals surface area contributed by atoms with E-state index in [4.69, 9.17) is 4.74 Å². The van der Waals surface area contributed by atoms with Crippen LogP contribution in [0.25, 0.3) is 0 Å². The van der Waals surface area contributed by atoms with Gasteiger partial charge in [0.05, 0.1) is 24.5 Å². The predicted octanol–water partition coefficient (Wildman–Crippen LogP) is 1.80. The van der Waals surface area contributed by atoms with Crippen molar-refractivity contribution in [2.24, 2.45) is 0 Å². The first-order valence-electron chi connectivity index (χ1n) is 6.32. The van der Waals surface area contributed by atoms with Crippen LogP contribution in [0.1, 0.15) is 23.2 Å². The maximum absolute atomic E-state index is 12.2. The van der Waals surface area contributed by atoms with Crippen LogP contribution in [0.4, 0.5) is 0 Å². The third kappa shape index (κ3) is 3.67. The quantitative estimate of drug-likeness (QED) is 0.856. The van der Waals surface area contributed by atoms with Crippen LogP contribution in [0, 0.1) is 0 Å². The number of piperidine rings is 1. The second-order valence-electron chi connectivity index (χ2n) is 4.44. The first kappa shape index (κ1) is 14.3. The highest BCUT2D eigenvalue weighted by Crippen LogP contribution is 2.20. The van der Waals surface area contributed by atoms with E-state index < -0.39 is 0 Å². The van der Waals surface area contributed by atoms with Gasteiger partial charge in [0, 0.05) is 24.6 Å². The molecule has 2 rings (SSSR count). The number of alkyl halides is 1. The summed E-state index contributed by atoms with van der Waals surface area (Å²) in [4.78, 5) is 17.8. The molecule has 1 fully saturated rings. The average Bonchev–Trinajstić information content (AvgIpc) is 2.45. The molecule has 0 spiro atoms. The van der Waals surface area contributed by atoms with Gasteiger partial charge in [0.2, 0.25) is 0 Å². The molecule has 104 valence electrons. The summed E-state index contributed by atoms with van der Waals surface area (Å²) in [6.45, 7) is 2.02. The van der Waals surface area contributed by atoms with Crippen molar-refractivity contribution in [2.75, 3.05) is 25.0 Å². The summed E-state index contributed by atoms with van der Waals surface area (Å²) in [6.07, 6.45) is 4.71. The Hall–Kier alpha value is -1.14. The number of hydrogen-bond acceptors (Lipinski definition) is 4. The standard InChI is InChI=1S/C13H17BrN2O3/c14-4-8-19-10-2-6-16(7-3-10)13(18)11-1-5-15-9-12(11)17/h1,5,9-10,17H,2-4,6-8H2. The minimum atomic E-state index is -0.140. The summed E-state index contributed by atoms with van der Waals surface area (Å²) in [7, 11) is 0. The van der Waals surface area contributed by atoms with Gasteiger partial charge in [-0.2, -0.15) is 0 Å². The van der Waals surface area contributed by atoms with E-state index in [0.717, 1.165) is 18.2 Å². The Kier molecular flexibility index (Phi) is 5.15. The summed E-state index contributed by atoms with van der Waals surface area (Å²) in [5.74, 6) is -0.205. The fourth-order valence-electron chi connectivity index (χ4n) is 2.17. The predicted molar refractivity (Wildman–Crippen MR) is 74.6 cm³/mol. The van der Waals surface area contributed by atoms with Crippen LogP contribution in [0.15, 0.2) is 18.5 Å². The zero-order chi connectivity index (χ0) is 13.7. The zero-order valence-corrected chi connectivity index (χ0v) is 12.2. The lowest BCUT2D eigenvalue weighted by atomic mass is 10.1. The Balaban J connectivity index is 1.91. The third-order valence-electron chi connectivity index (χ3n) is 3.19. The lowest BCUT2D eigenvalue weighted by Crippen LogP contribution is -2.41. The minimum absolute atomic E-state index is 0.0647. The molecule has 5 nitrogen and oxygen atoms in total. The lowest BCUT2D eigenvalue weighted by Gasteiger charge is -2.32. The van der Waals surface area contributed by atoms with Gasteiger partial charge in [0.25, 0.3) is 5.91 Å². The third-order valence-corrected chi connectivity index (χ3v) is 3.51. The lowest BCUT2D eigenvalue weighted by molar-refractivity contribution is 0.0159. The monoisotopic (exact) mass is 328 g/mol. The fraction of sp³-hybridized carbons (Fsp3) is 0.538. The van der Waals surface area contributed by atoms with Crippen LogP contribution >= 0.6 is 15.9 Å². The molecule has 1 aliphatic heterocycles. The second kappa shape index (κ2) is 6.86. The molecule has 0 saturated carbocycles. The first-order chi connectivity index (χ1) is 9.22. The Bertz CT molecular complexity index is 434. The van der Waals surface area contributed by atoms with Gasteiger partial charge in [-0.15, -0.1) is 0 Å². The van der Waals surface area contributed by atoms with E-state index in [1.165, 1.54) is 12.4 Å². The summed E-state index contributed by atoms with van der Waals surface area (Å²) in [5, 5.41) is 10.5. The highest BCUT2D eigenvalue weighted by Gasteiger charge is 2.25. The molecular weight excluding hydrogens is 312 g/mol. The van der Waals surface area contributed by atoms with Crippen molar-refractivity contribution in [1.82, 2.24) is 9.88 Å². The van der Waals surface area contributed by atoms with Crippen molar-refractivity contribution < 1.29 is 14.6 Å². The molecule has 0 aromatic carbocycles. The number of nitrogens with zero attached hydrogens (tertiary/aromatic N) is 2. The Morgan fingerprint density at radius 2 is 2.26 bits per heavy atom. The number of aromatic hydroxyl groups is 1. The van der Waals surface area contributed by atoms with Crippen LogP contribution in [0.2, 0.25) is 0 Å². The number of hydrogen-bond donors (Lipinski definition) is 1. The van der Waals surface area contributed by atoms with Gasteiger partial charge < -0.3 is 14.7 Å². The van der Waals surface area contributed by atoms with Crippen molar-refractivity contribution in [3.8, 4) is 5.75 Å². The average molecular weight is 329 g/mol. The van der Waals surface area contributed by atoms with Crippen LogP contribution in [-0.4, -0.2) is 52.0 Å². The number of ether oxygens (including phenoxy) is 1. The molecule has 0 unspecified atom stereocenters. The largest absolute Gasteiger partial charge is 0.505 e. The topological polar surface area (TPSA) is 62.7 Å². The molecular formula is C13H17BrN2O3. The second-order valence-corrected chi connectivity index (χ2v) is 5.24. The summed E-state index contributed by atoms with van der Waals surface area (Å²) < 4.78 is 5.65. The fourth-order valence-corrected chi connectivity index (χ4v) is 2.36. The van der Waals surface area contributed by atoms with Gasteiger partial charge in [0.15, 0.2) is 0 Å². The summed E-state index contributed by atoms with van der Waals surface area (Å²) in [5.41, 5.74) is 0.315. The minimum Gasteiger partial charge on any atom is -0.505 e. The molecule has 19 heavy (non-hydrogen) atoms. The number of halogens is 1. The van der Waals surface area contributed by atoms with Crippen LogP contribution in [-0.2, 0) is 4.74 Å². The maximum atomic E-state index is 12.2. The molecule has 0 radical (unpaired) electrons. The molecule has 0 aliphatic carbocycles. The summed E-state index contributed by atoms with van der Waals surface area (Å²) >= 11 is 3.33. The van der Waals surface area contributed by atoms with Gasteiger partial charge in [-0.25, -0.2) is 0 Å². The van der Waals surface area contributed by atoms with E-state index in [-0.39, 0.29) is 17.8 Å². The van der Waals surface area contributed by atoms with Gasteiger partial charge in [0.1, 0.15) is 5.75 Å². The molecule has 0 bridgehead atoms. The zero-order valence-electron chi connectivity index (χ0n) is 10.6. The first-order valence-corrected chi connectivity index (χ1v) is 7.44. The van der Waals surface area contributed by atoms with Crippen LogP contribution in [0.5, 0.6) is 5.75 Å². The molecule has 1 aromatic heterocycles. The van der Waals surface area contributed by atoms with Crippen molar-refractivity contribution in [3.05, 3.63) is 24.0 Å². The van der Waals surface area contributed by atoms with Crippen LogP contribution < -0.4 is 0 Å². The highest BCUT2D eigenvalue weighted by atomic mass is 79.9. The number of pyridine rings is 1. The van der Waals surface area contributed by atoms with E-state index in [9.17, 15) is 9.90 Å². The van der Waals surface area contributed by atoms with Crippen molar-refractivity contribution in [2.45, 2.75) is 18.9 Å². The molecule has 0 atom stereocenters. The molecule has 1 aromatic rings. The molecule has 1 saturated heterocycles. The van der Waals surface area contributed by atoms with Gasteiger partial charge >= 0.3 is 0 Å². The molecule has 2 heterocycles. The van der Waals surface area contributed by atoms with E-state index >= 15 is 0 Å². The normalized spacial score (nSPS) is 16.6. The van der Waals surface area contributed by atoms with Crippen molar-refractivity contribution in [3.63, 3.8) is 0 Å².